The number of ether oxygens (including phenoxy) is 3. The Kier molecular flexibility index (Phi) is 6.83. The summed E-state index contributed by atoms with van der Waals surface area (Å²) in [6.07, 6.45) is 0. The van der Waals surface area contributed by atoms with Crippen molar-refractivity contribution in [1.29, 1.82) is 0 Å². The van der Waals surface area contributed by atoms with Gasteiger partial charge >= 0.3 is 0 Å². The van der Waals surface area contributed by atoms with Gasteiger partial charge in [0.05, 0.1) is 19.4 Å². The number of hydrazone groups is 1. The summed E-state index contributed by atoms with van der Waals surface area (Å²) in [6.45, 7) is 4.26. The molecule has 0 saturated carbocycles. The fourth-order valence-electron chi connectivity index (χ4n) is 2.02. The molecular weight excluding hydrogens is 320 g/mol. The van der Waals surface area contributed by atoms with Crippen LogP contribution in [0.4, 0.5) is 0 Å². The summed E-state index contributed by atoms with van der Waals surface area (Å²) in [7, 11) is 1.59. The molecule has 0 aliphatic carbocycles. The highest BCUT2D eigenvalue weighted by Crippen LogP contribution is 2.16. The van der Waals surface area contributed by atoms with Gasteiger partial charge in [0, 0.05) is 0 Å². The zero-order valence-corrected chi connectivity index (χ0v) is 14.6. The minimum absolute atomic E-state index is 0.119. The minimum Gasteiger partial charge on any atom is -0.497 e. The molecule has 0 aliphatic rings. The van der Waals surface area contributed by atoms with Crippen LogP contribution in [-0.2, 0) is 4.79 Å². The average Bonchev–Trinajstić information content (AvgIpc) is 2.65. The van der Waals surface area contributed by atoms with Crippen molar-refractivity contribution in [2.24, 2.45) is 5.10 Å². The Hall–Kier alpha value is -3.02. The Labute approximate surface area is 147 Å². The summed E-state index contributed by atoms with van der Waals surface area (Å²) in [5, 5.41) is 4.09. The zero-order chi connectivity index (χ0) is 18.1. The van der Waals surface area contributed by atoms with Crippen LogP contribution >= 0.6 is 0 Å². The maximum Gasteiger partial charge on any atom is 0.277 e. The monoisotopic (exact) mass is 342 g/mol. The van der Waals surface area contributed by atoms with Gasteiger partial charge in [-0.05, 0) is 67.9 Å². The van der Waals surface area contributed by atoms with E-state index in [1.165, 1.54) is 0 Å². The van der Waals surface area contributed by atoms with Crippen LogP contribution in [0.5, 0.6) is 17.2 Å². The number of carbonyl (C=O) groups excluding carboxylic acids is 1. The molecular formula is C19H22N2O4. The number of methoxy groups -OCH3 is 1. The molecule has 132 valence electrons. The lowest BCUT2D eigenvalue weighted by Gasteiger charge is -2.07. The molecule has 0 heterocycles. The van der Waals surface area contributed by atoms with Gasteiger partial charge in [0.25, 0.3) is 5.91 Å². The predicted octanol–water partition coefficient (Wildman–Crippen LogP) is 3.01. The molecule has 2 rings (SSSR count). The number of benzene rings is 2. The first kappa shape index (κ1) is 18.3. The normalized spacial score (nSPS) is 10.9. The summed E-state index contributed by atoms with van der Waals surface area (Å²) in [6, 6.07) is 14.5. The van der Waals surface area contributed by atoms with Gasteiger partial charge in [0.1, 0.15) is 17.2 Å². The molecule has 0 radical (unpaired) electrons. The van der Waals surface area contributed by atoms with Gasteiger partial charge in [0.15, 0.2) is 6.61 Å². The van der Waals surface area contributed by atoms with Crippen molar-refractivity contribution >= 4 is 11.6 Å². The number of hydrogen-bond acceptors (Lipinski definition) is 5. The first-order valence-electron chi connectivity index (χ1n) is 7.95. The van der Waals surface area contributed by atoms with E-state index in [1.807, 2.05) is 38.1 Å². The highest BCUT2D eigenvalue weighted by atomic mass is 16.5. The Bertz CT molecular complexity index is 709. The summed E-state index contributed by atoms with van der Waals surface area (Å²) < 4.78 is 15.8. The van der Waals surface area contributed by atoms with E-state index in [-0.39, 0.29) is 12.5 Å². The molecule has 0 unspecified atom stereocenters. The van der Waals surface area contributed by atoms with E-state index in [1.54, 1.807) is 31.4 Å². The number of hydrogen-bond donors (Lipinski definition) is 1. The van der Waals surface area contributed by atoms with Gasteiger partial charge in [-0.25, -0.2) is 5.43 Å². The molecule has 25 heavy (non-hydrogen) atoms. The van der Waals surface area contributed by atoms with Crippen molar-refractivity contribution in [3.8, 4) is 17.2 Å². The molecule has 6 nitrogen and oxygen atoms in total. The lowest BCUT2D eigenvalue weighted by molar-refractivity contribution is -0.123. The number of amides is 1. The van der Waals surface area contributed by atoms with E-state index < -0.39 is 0 Å². The standard InChI is InChI=1S/C19H22N2O4/c1-4-24-17-7-5-15(6-8-17)14(2)20-21-19(22)13-25-18-11-9-16(23-3)10-12-18/h5-12H,4,13H2,1-3H3,(H,21,22)/b20-14-. The Morgan fingerprint density at radius 1 is 0.960 bits per heavy atom. The Balaban J connectivity index is 1.83. The Morgan fingerprint density at radius 3 is 2.12 bits per heavy atom. The van der Waals surface area contributed by atoms with Crippen LogP contribution in [-0.4, -0.2) is 31.9 Å². The predicted molar refractivity (Wildman–Crippen MR) is 96.5 cm³/mol. The van der Waals surface area contributed by atoms with Gasteiger partial charge in [0.2, 0.25) is 0 Å². The second kappa shape index (κ2) is 9.32. The lowest BCUT2D eigenvalue weighted by atomic mass is 10.1. The second-order valence-corrected chi connectivity index (χ2v) is 5.15. The van der Waals surface area contributed by atoms with Crippen LogP contribution in [0.15, 0.2) is 53.6 Å². The van der Waals surface area contributed by atoms with Gasteiger partial charge in [-0.3, -0.25) is 4.79 Å². The minimum atomic E-state index is -0.332. The van der Waals surface area contributed by atoms with Crippen molar-refractivity contribution in [2.45, 2.75) is 13.8 Å². The van der Waals surface area contributed by atoms with E-state index in [0.29, 0.717) is 18.1 Å². The number of carbonyl (C=O) groups is 1. The number of rotatable bonds is 8. The van der Waals surface area contributed by atoms with Gasteiger partial charge in [-0.15, -0.1) is 0 Å². The van der Waals surface area contributed by atoms with Crippen LogP contribution in [0.1, 0.15) is 19.4 Å². The van der Waals surface area contributed by atoms with Crippen LogP contribution < -0.4 is 19.6 Å². The quantitative estimate of drug-likeness (QED) is 0.591. The summed E-state index contributed by atoms with van der Waals surface area (Å²) in [5.41, 5.74) is 4.08. The lowest BCUT2D eigenvalue weighted by Crippen LogP contribution is -2.25. The molecule has 6 heteroatoms. The van der Waals surface area contributed by atoms with E-state index in [9.17, 15) is 4.79 Å². The third kappa shape index (κ3) is 5.84. The third-order valence-electron chi connectivity index (χ3n) is 3.36. The fourth-order valence-corrected chi connectivity index (χ4v) is 2.02. The highest BCUT2D eigenvalue weighted by Gasteiger charge is 2.04. The van der Waals surface area contributed by atoms with Crippen LogP contribution in [0.25, 0.3) is 0 Å². The van der Waals surface area contributed by atoms with Crippen molar-refractivity contribution < 1.29 is 19.0 Å². The SMILES string of the molecule is CCOc1ccc(/C(C)=N\NC(=O)COc2ccc(OC)cc2)cc1. The van der Waals surface area contributed by atoms with Crippen molar-refractivity contribution in [3.05, 3.63) is 54.1 Å². The molecule has 0 aromatic heterocycles. The van der Waals surface area contributed by atoms with Crippen LogP contribution in [0.3, 0.4) is 0 Å². The first-order valence-corrected chi connectivity index (χ1v) is 7.95. The molecule has 2 aromatic carbocycles. The van der Waals surface area contributed by atoms with Crippen molar-refractivity contribution in [2.75, 3.05) is 20.3 Å². The topological polar surface area (TPSA) is 69.2 Å². The van der Waals surface area contributed by atoms with E-state index in [2.05, 4.69) is 10.5 Å². The Morgan fingerprint density at radius 2 is 1.52 bits per heavy atom. The van der Waals surface area contributed by atoms with E-state index in [4.69, 9.17) is 14.2 Å². The van der Waals surface area contributed by atoms with Gasteiger partial charge in [-0.1, -0.05) is 0 Å². The van der Waals surface area contributed by atoms with Gasteiger partial charge < -0.3 is 14.2 Å². The molecule has 1 amide bonds. The number of nitrogens with zero attached hydrogens (tertiary/aromatic N) is 1. The van der Waals surface area contributed by atoms with Crippen molar-refractivity contribution in [3.63, 3.8) is 0 Å². The molecule has 0 aliphatic heterocycles. The van der Waals surface area contributed by atoms with Crippen molar-refractivity contribution in [1.82, 2.24) is 5.43 Å². The third-order valence-corrected chi connectivity index (χ3v) is 3.36. The zero-order valence-electron chi connectivity index (χ0n) is 14.6. The summed E-state index contributed by atoms with van der Waals surface area (Å²) in [5.74, 6) is 1.78. The number of nitrogens with one attached hydrogen (secondary N) is 1. The summed E-state index contributed by atoms with van der Waals surface area (Å²) in [4.78, 5) is 11.8. The average molecular weight is 342 g/mol. The van der Waals surface area contributed by atoms with E-state index in [0.717, 1.165) is 17.1 Å². The first-order chi connectivity index (χ1) is 12.1. The molecule has 0 fully saturated rings. The van der Waals surface area contributed by atoms with E-state index >= 15 is 0 Å². The molecule has 0 atom stereocenters. The molecule has 1 N–H and O–H groups in total. The molecule has 0 saturated heterocycles. The molecule has 0 bridgehead atoms. The fraction of sp³-hybridized carbons (Fsp3) is 0.263. The molecule has 2 aromatic rings. The maximum absolute atomic E-state index is 11.8. The second-order valence-electron chi connectivity index (χ2n) is 5.15. The van der Waals surface area contributed by atoms with Crippen LogP contribution in [0.2, 0.25) is 0 Å². The van der Waals surface area contributed by atoms with Gasteiger partial charge in [-0.2, -0.15) is 5.10 Å². The highest BCUT2D eigenvalue weighted by molar-refractivity contribution is 5.99. The maximum atomic E-state index is 11.8. The summed E-state index contributed by atoms with van der Waals surface area (Å²) >= 11 is 0. The smallest absolute Gasteiger partial charge is 0.277 e. The largest absolute Gasteiger partial charge is 0.497 e. The molecule has 0 spiro atoms. The van der Waals surface area contributed by atoms with Crippen LogP contribution in [0, 0.1) is 0 Å².